The van der Waals surface area contributed by atoms with Crippen molar-refractivity contribution >= 4 is 0 Å². The number of ether oxygens (including phenoxy) is 1. The first-order valence-corrected chi connectivity index (χ1v) is 7.30. The van der Waals surface area contributed by atoms with E-state index in [0.717, 1.165) is 44.1 Å². The normalized spacial score (nSPS) is 40.4. The summed E-state index contributed by atoms with van der Waals surface area (Å²) in [6.07, 6.45) is 4.42. The van der Waals surface area contributed by atoms with Crippen LogP contribution in [0.1, 0.15) is 19.3 Å². The Bertz CT molecular complexity index is 251. The van der Waals surface area contributed by atoms with E-state index in [1.54, 1.807) is 0 Å². The van der Waals surface area contributed by atoms with E-state index in [4.69, 9.17) is 4.74 Å². The zero-order valence-electron chi connectivity index (χ0n) is 11.1. The molecule has 3 atom stereocenters. The highest BCUT2D eigenvalue weighted by atomic mass is 16.5. The number of likely N-dealkylation sites (tertiary alicyclic amines) is 1. The molecule has 3 aliphatic rings. The van der Waals surface area contributed by atoms with Crippen molar-refractivity contribution in [3.8, 4) is 0 Å². The van der Waals surface area contributed by atoms with Crippen molar-refractivity contribution in [3.05, 3.63) is 0 Å². The second-order valence-electron chi connectivity index (χ2n) is 6.33. The summed E-state index contributed by atoms with van der Waals surface area (Å²) >= 11 is 0. The van der Waals surface area contributed by atoms with Gasteiger partial charge in [0.2, 0.25) is 0 Å². The van der Waals surface area contributed by atoms with Crippen LogP contribution in [0.15, 0.2) is 0 Å². The predicted octanol–water partition coefficient (Wildman–Crippen LogP) is 1.30. The van der Waals surface area contributed by atoms with Crippen LogP contribution in [-0.2, 0) is 4.74 Å². The van der Waals surface area contributed by atoms with E-state index < -0.39 is 0 Å². The van der Waals surface area contributed by atoms with E-state index in [9.17, 15) is 0 Å². The topological polar surface area (TPSA) is 15.7 Å². The van der Waals surface area contributed by atoms with Gasteiger partial charge in [0, 0.05) is 32.7 Å². The molecule has 2 heterocycles. The SMILES string of the molecule is CN1CC2CCC(CN3CCOCC3)CC2C1. The fraction of sp³-hybridized carbons (Fsp3) is 1.00. The third-order valence-electron chi connectivity index (χ3n) is 4.96. The van der Waals surface area contributed by atoms with Gasteiger partial charge in [-0.25, -0.2) is 0 Å². The quantitative estimate of drug-likeness (QED) is 0.721. The molecular weight excluding hydrogens is 212 g/mol. The number of rotatable bonds is 2. The molecule has 0 aromatic heterocycles. The Hall–Kier alpha value is -0.120. The van der Waals surface area contributed by atoms with Crippen LogP contribution in [0.4, 0.5) is 0 Å². The van der Waals surface area contributed by atoms with Crippen LogP contribution in [0.3, 0.4) is 0 Å². The van der Waals surface area contributed by atoms with Crippen LogP contribution in [0.5, 0.6) is 0 Å². The Morgan fingerprint density at radius 3 is 2.65 bits per heavy atom. The summed E-state index contributed by atoms with van der Waals surface area (Å²) in [5, 5.41) is 0. The fourth-order valence-corrected chi connectivity index (χ4v) is 4.08. The molecule has 0 radical (unpaired) electrons. The van der Waals surface area contributed by atoms with Crippen molar-refractivity contribution < 1.29 is 4.74 Å². The van der Waals surface area contributed by atoms with Gasteiger partial charge in [0.1, 0.15) is 0 Å². The van der Waals surface area contributed by atoms with Gasteiger partial charge in [0.25, 0.3) is 0 Å². The van der Waals surface area contributed by atoms with Gasteiger partial charge in [-0.05, 0) is 44.1 Å². The molecule has 2 aliphatic heterocycles. The zero-order valence-corrected chi connectivity index (χ0v) is 11.1. The lowest BCUT2D eigenvalue weighted by atomic mass is 9.76. The number of morpholine rings is 1. The molecule has 1 aliphatic carbocycles. The lowest BCUT2D eigenvalue weighted by Crippen LogP contribution is -2.41. The predicted molar refractivity (Wildman–Crippen MR) is 69.1 cm³/mol. The van der Waals surface area contributed by atoms with Gasteiger partial charge in [-0.15, -0.1) is 0 Å². The average Bonchev–Trinajstić information content (AvgIpc) is 2.70. The fourth-order valence-electron chi connectivity index (χ4n) is 4.08. The van der Waals surface area contributed by atoms with Crippen molar-refractivity contribution in [2.45, 2.75) is 19.3 Å². The van der Waals surface area contributed by atoms with Crippen LogP contribution in [0.2, 0.25) is 0 Å². The Morgan fingerprint density at radius 2 is 1.82 bits per heavy atom. The zero-order chi connectivity index (χ0) is 11.7. The first-order chi connectivity index (χ1) is 8.31. The van der Waals surface area contributed by atoms with Crippen molar-refractivity contribution in [2.75, 3.05) is 53.0 Å². The summed E-state index contributed by atoms with van der Waals surface area (Å²) in [6.45, 7) is 8.24. The summed E-state index contributed by atoms with van der Waals surface area (Å²) in [6, 6.07) is 0. The Labute approximate surface area is 105 Å². The Morgan fingerprint density at radius 1 is 1.06 bits per heavy atom. The van der Waals surface area contributed by atoms with Gasteiger partial charge >= 0.3 is 0 Å². The minimum atomic E-state index is 0.946. The lowest BCUT2D eigenvalue weighted by Gasteiger charge is -2.36. The molecular formula is C14H26N2O. The van der Waals surface area contributed by atoms with E-state index >= 15 is 0 Å². The van der Waals surface area contributed by atoms with E-state index in [1.807, 2.05) is 0 Å². The molecule has 3 fully saturated rings. The van der Waals surface area contributed by atoms with E-state index in [2.05, 4.69) is 16.8 Å². The van der Waals surface area contributed by atoms with Crippen LogP contribution in [0, 0.1) is 17.8 Å². The van der Waals surface area contributed by atoms with Crippen LogP contribution in [-0.4, -0.2) is 62.8 Å². The maximum absolute atomic E-state index is 5.42. The summed E-state index contributed by atoms with van der Waals surface area (Å²) in [4.78, 5) is 5.15. The van der Waals surface area contributed by atoms with Crippen molar-refractivity contribution in [1.29, 1.82) is 0 Å². The lowest BCUT2D eigenvalue weighted by molar-refractivity contribution is 0.0243. The first kappa shape index (κ1) is 11.9. The van der Waals surface area contributed by atoms with Crippen molar-refractivity contribution in [1.82, 2.24) is 9.80 Å². The van der Waals surface area contributed by atoms with Crippen LogP contribution < -0.4 is 0 Å². The minimum absolute atomic E-state index is 0.946. The highest BCUT2D eigenvalue weighted by Crippen LogP contribution is 2.38. The second kappa shape index (κ2) is 5.25. The molecule has 0 aromatic rings. The number of hydrogen-bond acceptors (Lipinski definition) is 3. The molecule has 0 N–H and O–H groups in total. The second-order valence-corrected chi connectivity index (χ2v) is 6.33. The van der Waals surface area contributed by atoms with Crippen molar-refractivity contribution in [2.24, 2.45) is 17.8 Å². The van der Waals surface area contributed by atoms with Gasteiger partial charge in [-0.3, -0.25) is 4.90 Å². The van der Waals surface area contributed by atoms with Crippen LogP contribution >= 0.6 is 0 Å². The molecule has 2 saturated heterocycles. The maximum Gasteiger partial charge on any atom is 0.0594 e. The first-order valence-electron chi connectivity index (χ1n) is 7.30. The largest absolute Gasteiger partial charge is 0.379 e. The minimum Gasteiger partial charge on any atom is -0.379 e. The number of fused-ring (bicyclic) bond motifs is 1. The molecule has 0 bridgehead atoms. The maximum atomic E-state index is 5.42. The third kappa shape index (κ3) is 2.83. The van der Waals surface area contributed by atoms with Gasteiger partial charge < -0.3 is 9.64 Å². The van der Waals surface area contributed by atoms with Gasteiger partial charge in [-0.2, -0.15) is 0 Å². The Balaban J connectivity index is 1.49. The van der Waals surface area contributed by atoms with E-state index in [-0.39, 0.29) is 0 Å². The molecule has 3 heteroatoms. The summed E-state index contributed by atoms with van der Waals surface area (Å²) in [5.74, 6) is 2.97. The molecule has 3 rings (SSSR count). The molecule has 0 amide bonds. The average molecular weight is 238 g/mol. The van der Waals surface area contributed by atoms with Crippen molar-refractivity contribution in [3.63, 3.8) is 0 Å². The highest BCUT2D eigenvalue weighted by molar-refractivity contribution is 4.89. The molecule has 3 unspecified atom stereocenters. The number of nitrogens with zero attached hydrogens (tertiary/aromatic N) is 2. The van der Waals surface area contributed by atoms with Crippen LogP contribution in [0.25, 0.3) is 0 Å². The molecule has 1 saturated carbocycles. The standard InChI is InChI=1S/C14H26N2O/c1-15-10-13-3-2-12(8-14(13)11-15)9-16-4-6-17-7-5-16/h12-14H,2-11H2,1H3. The van der Waals surface area contributed by atoms with Gasteiger partial charge in [0.15, 0.2) is 0 Å². The summed E-state index contributed by atoms with van der Waals surface area (Å²) in [5.41, 5.74) is 0. The summed E-state index contributed by atoms with van der Waals surface area (Å²) in [7, 11) is 2.29. The Kier molecular flexibility index (Phi) is 3.69. The molecule has 0 aromatic carbocycles. The molecule has 17 heavy (non-hydrogen) atoms. The summed E-state index contributed by atoms with van der Waals surface area (Å²) < 4.78 is 5.42. The number of hydrogen-bond donors (Lipinski definition) is 0. The highest BCUT2D eigenvalue weighted by Gasteiger charge is 2.36. The van der Waals surface area contributed by atoms with E-state index in [1.165, 1.54) is 38.9 Å². The molecule has 98 valence electrons. The van der Waals surface area contributed by atoms with E-state index in [0.29, 0.717) is 0 Å². The monoisotopic (exact) mass is 238 g/mol. The van der Waals surface area contributed by atoms with Gasteiger partial charge in [0.05, 0.1) is 13.2 Å². The molecule has 0 spiro atoms. The smallest absolute Gasteiger partial charge is 0.0594 e. The third-order valence-corrected chi connectivity index (χ3v) is 4.96. The van der Waals surface area contributed by atoms with Gasteiger partial charge in [-0.1, -0.05) is 0 Å². The molecule has 3 nitrogen and oxygen atoms in total.